The van der Waals surface area contributed by atoms with Crippen LogP contribution in [0.25, 0.3) is 0 Å². The summed E-state index contributed by atoms with van der Waals surface area (Å²) < 4.78 is 5.11. The van der Waals surface area contributed by atoms with Crippen molar-refractivity contribution >= 4 is 16.9 Å². The molecule has 4 nitrogen and oxygen atoms in total. The highest BCUT2D eigenvalue weighted by atomic mass is 32.2. The van der Waals surface area contributed by atoms with Gasteiger partial charge < -0.3 is 10.5 Å². The summed E-state index contributed by atoms with van der Waals surface area (Å²) >= 11 is 1.26. The molecule has 76 valence electrons. The first-order valence-corrected chi connectivity index (χ1v) is 5.08. The van der Waals surface area contributed by atoms with Crippen molar-refractivity contribution in [2.45, 2.75) is 12.7 Å². The second-order valence-corrected chi connectivity index (χ2v) is 3.81. The van der Waals surface area contributed by atoms with Gasteiger partial charge in [-0.05, 0) is 6.92 Å². The Kier molecular flexibility index (Phi) is 3.76. The minimum atomic E-state index is 0.104. The molecule has 0 spiro atoms. The summed E-state index contributed by atoms with van der Waals surface area (Å²) in [5, 5.41) is 7.18. The van der Waals surface area contributed by atoms with E-state index in [0.717, 1.165) is 17.1 Å². The first-order chi connectivity index (χ1) is 6.61. The van der Waals surface area contributed by atoms with Crippen molar-refractivity contribution in [1.82, 2.24) is 4.98 Å². The van der Waals surface area contributed by atoms with E-state index in [1.54, 1.807) is 7.11 Å². The van der Waals surface area contributed by atoms with Crippen molar-refractivity contribution in [3.05, 3.63) is 23.5 Å². The standard InChI is InChI=1S/C9H13N3OS/c1-6-3-8(13-2)4-7(12-6)5-14-9(10)11/h3-4H,5H2,1-2H3,(H3,10,11). The average molecular weight is 211 g/mol. The van der Waals surface area contributed by atoms with E-state index < -0.39 is 0 Å². The minimum Gasteiger partial charge on any atom is -0.497 e. The summed E-state index contributed by atoms with van der Waals surface area (Å²) in [4.78, 5) is 4.30. The highest BCUT2D eigenvalue weighted by Crippen LogP contribution is 2.17. The minimum absolute atomic E-state index is 0.104. The molecular formula is C9H13N3OS. The number of amidine groups is 1. The summed E-state index contributed by atoms with van der Waals surface area (Å²) in [6, 6.07) is 3.71. The van der Waals surface area contributed by atoms with E-state index in [0.29, 0.717) is 5.75 Å². The van der Waals surface area contributed by atoms with Crippen LogP contribution in [0, 0.1) is 12.3 Å². The number of nitrogens with two attached hydrogens (primary N) is 1. The van der Waals surface area contributed by atoms with Gasteiger partial charge in [-0.1, -0.05) is 11.8 Å². The predicted molar refractivity (Wildman–Crippen MR) is 58.7 cm³/mol. The maximum atomic E-state index is 7.08. The van der Waals surface area contributed by atoms with E-state index in [1.807, 2.05) is 19.1 Å². The van der Waals surface area contributed by atoms with Gasteiger partial charge in [-0.15, -0.1) is 0 Å². The zero-order valence-corrected chi connectivity index (χ0v) is 9.02. The van der Waals surface area contributed by atoms with Crippen molar-refractivity contribution in [3.8, 4) is 5.75 Å². The molecule has 1 heterocycles. The Hall–Kier alpha value is -1.23. The topological polar surface area (TPSA) is 72.0 Å². The predicted octanol–water partition coefficient (Wildman–Crippen LogP) is 1.53. The Morgan fingerprint density at radius 1 is 1.64 bits per heavy atom. The zero-order chi connectivity index (χ0) is 10.6. The molecule has 1 rings (SSSR count). The lowest BCUT2D eigenvalue weighted by molar-refractivity contribution is 0.413. The van der Waals surface area contributed by atoms with E-state index in [4.69, 9.17) is 15.9 Å². The molecule has 0 aromatic carbocycles. The Morgan fingerprint density at radius 2 is 2.36 bits per heavy atom. The highest BCUT2D eigenvalue weighted by Gasteiger charge is 2.01. The van der Waals surface area contributed by atoms with Gasteiger partial charge in [0.25, 0.3) is 0 Å². The van der Waals surface area contributed by atoms with Gasteiger partial charge in [0, 0.05) is 23.6 Å². The molecule has 0 unspecified atom stereocenters. The number of thioether (sulfide) groups is 1. The van der Waals surface area contributed by atoms with Gasteiger partial charge in [0.15, 0.2) is 5.17 Å². The number of ether oxygens (including phenoxy) is 1. The fourth-order valence-electron chi connectivity index (χ4n) is 1.05. The largest absolute Gasteiger partial charge is 0.497 e. The molecule has 1 aromatic rings. The van der Waals surface area contributed by atoms with Crippen LogP contribution in [0.15, 0.2) is 12.1 Å². The quantitative estimate of drug-likeness (QED) is 0.587. The van der Waals surface area contributed by atoms with Gasteiger partial charge in [-0.3, -0.25) is 10.4 Å². The van der Waals surface area contributed by atoms with Crippen LogP contribution in [0.2, 0.25) is 0 Å². The lowest BCUT2D eigenvalue weighted by atomic mass is 10.3. The third-order valence-corrected chi connectivity index (χ3v) is 2.34. The third-order valence-electron chi connectivity index (χ3n) is 1.59. The smallest absolute Gasteiger partial charge is 0.151 e. The lowest BCUT2D eigenvalue weighted by Crippen LogP contribution is -2.04. The molecular weight excluding hydrogens is 198 g/mol. The number of rotatable bonds is 3. The van der Waals surface area contributed by atoms with E-state index >= 15 is 0 Å². The summed E-state index contributed by atoms with van der Waals surface area (Å²) in [6.07, 6.45) is 0. The number of pyridine rings is 1. The van der Waals surface area contributed by atoms with E-state index in [9.17, 15) is 0 Å². The molecule has 0 saturated heterocycles. The molecule has 0 aliphatic heterocycles. The van der Waals surface area contributed by atoms with Gasteiger partial charge in [0.2, 0.25) is 0 Å². The molecule has 5 heteroatoms. The zero-order valence-electron chi connectivity index (χ0n) is 8.20. The van der Waals surface area contributed by atoms with Crippen molar-refractivity contribution in [1.29, 1.82) is 5.41 Å². The van der Waals surface area contributed by atoms with Crippen LogP contribution in [0.3, 0.4) is 0 Å². The van der Waals surface area contributed by atoms with E-state index in [1.165, 1.54) is 11.8 Å². The van der Waals surface area contributed by atoms with Crippen LogP contribution in [-0.4, -0.2) is 17.3 Å². The summed E-state index contributed by atoms with van der Waals surface area (Å²) in [7, 11) is 1.62. The fraction of sp³-hybridized carbons (Fsp3) is 0.333. The number of nitrogens with zero attached hydrogens (tertiary/aromatic N) is 1. The number of methoxy groups -OCH3 is 1. The Labute approximate surface area is 87.4 Å². The molecule has 3 N–H and O–H groups in total. The van der Waals surface area contributed by atoms with Crippen LogP contribution in [0.4, 0.5) is 0 Å². The van der Waals surface area contributed by atoms with Gasteiger partial charge in [0.1, 0.15) is 5.75 Å². The van der Waals surface area contributed by atoms with Crippen LogP contribution in [-0.2, 0) is 5.75 Å². The molecule has 1 aromatic heterocycles. The monoisotopic (exact) mass is 211 g/mol. The number of nitrogens with one attached hydrogen (secondary N) is 1. The molecule has 14 heavy (non-hydrogen) atoms. The third kappa shape index (κ3) is 3.26. The molecule has 0 aliphatic carbocycles. The lowest BCUT2D eigenvalue weighted by Gasteiger charge is -2.04. The second-order valence-electron chi connectivity index (χ2n) is 2.79. The molecule has 0 saturated carbocycles. The maximum absolute atomic E-state index is 7.08. The number of aryl methyl sites for hydroxylation is 1. The Morgan fingerprint density at radius 3 is 2.93 bits per heavy atom. The van der Waals surface area contributed by atoms with Gasteiger partial charge in [0.05, 0.1) is 12.8 Å². The summed E-state index contributed by atoms with van der Waals surface area (Å²) in [5.74, 6) is 1.39. The van der Waals surface area contributed by atoms with Gasteiger partial charge in [-0.25, -0.2) is 0 Å². The maximum Gasteiger partial charge on any atom is 0.151 e. The molecule has 0 fully saturated rings. The number of hydrogen-bond acceptors (Lipinski definition) is 4. The van der Waals surface area contributed by atoms with E-state index in [-0.39, 0.29) is 5.17 Å². The van der Waals surface area contributed by atoms with Crippen molar-refractivity contribution < 1.29 is 4.74 Å². The Bertz CT molecular complexity index is 341. The molecule has 0 radical (unpaired) electrons. The van der Waals surface area contributed by atoms with Crippen LogP contribution >= 0.6 is 11.8 Å². The van der Waals surface area contributed by atoms with Crippen LogP contribution < -0.4 is 10.5 Å². The number of hydrogen-bond donors (Lipinski definition) is 2. The first-order valence-electron chi connectivity index (χ1n) is 4.10. The van der Waals surface area contributed by atoms with Crippen LogP contribution in [0.1, 0.15) is 11.4 Å². The molecule has 0 atom stereocenters. The summed E-state index contributed by atoms with van der Waals surface area (Å²) in [5.41, 5.74) is 7.02. The molecule has 0 bridgehead atoms. The van der Waals surface area contributed by atoms with Gasteiger partial charge >= 0.3 is 0 Å². The van der Waals surface area contributed by atoms with Gasteiger partial charge in [-0.2, -0.15) is 0 Å². The fourth-order valence-corrected chi connectivity index (χ4v) is 1.50. The SMILES string of the molecule is COc1cc(C)nc(CSC(=N)N)c1. The second kappa shape index (κ2) is 4.85. The normalized spacial score (nSPS) is 9.86. The highest BCUT2D eigenvalue weighted by molar-refractivity contribution is 8.13. The summed E-state index contributed by atoms with van der Waals surface area (Å²) in [6.45, 7) is 1.91. The Balaban J connectivity index is 2.76. The van der Waals surface area contributed by atoms with Crippen molar-refractivity contribution in [3.63, 3.8) is 0 Å². The molecule has 0 amide bonds. The van der Waals surface area contributed by atoms with Crippen LogP contribution in [0.5, 0.6) is 5.75 Å². The van der Waals surface area contributed by atoms with Crippen molar-refractivity contribution in [2.75, 3.05) is 7.11 Å². The van der Waals surface area contributed by atoms with Crippen molar-refractivity contribution in [2.24, 2.45) is 5.73 Å². The average Bonchev–Trinajstić information content (AvgIpc) is 2.14. The first kappa shape index (κ1) is 10.8. The van der Waals surface area contributed by atoms with E-state index in [2.05, 4.69) is 4.98 Å². The number of aromatic nitrogens is 1. The molecule has 0 aliphatic rings.